The van der Waals surface area contributed by atoms with E-state index in [9.17, 15) is 0 Å². The Hall–Kier alpha value is -0.870. The molecule has 0 aromatic carbocycles. The zero-order chi connectivity index (χ0) is 14.4. The number of hydrogen-bond donors (Lipinski definition) is 1. The Bertz CT molecular complexity index is 394. The van der Waals surface area contributed by atoms with Crippen molar-refractivity contribution in [3.8, 4) is 0 Å². The van der Waals surface area contributed by atoms with Crippen LogP contribution in [0.4, 0.5) is 0 Å². The Labute approximate surface area is 122 Å². The fourth-order valence-electron chi connectivity index (χ4n) is 3.45. The second-order valence-corrected chi connectivity index (χ2v) is 5.95. The van der Waals surface area contributed by atoms with Gasteiger partial charge in [-0.25, -0.2) is 0 Å². The summed E-state index contributed by atoms with van der Waals surface area (Å²) < 4.78 is 8.08. The van der Waals surface area contributed by atoms with Crippen LogP contribution in [0.2, 0.25) is 0 Å². The number of hydrogen-bond acceptors (Lipinski definition) is 3. The summed E-state index contributed by atoms with van der Waals surface area (Å²) in [7, 11) is 3.90. The standard InChI is InChI=1S/C16H29N3O/c1-4-12-17-15(14-9-13-18-19(14)2)16(20-3)10-7-5-6-8-11-16/h9,13,15,17H,4-8,10-12H2,1-3H3. The molecule has 0 aliphatic heterocycles. The van der Waals surface area contributed by atoms with E-state index in [1.807, 2.05) is 25.0 Å². The number of aryl methyl sites for hydroxylation is 1. The molecule has 1 aliphatic carbocycles. The first-order chi connectivity index (χ1) is 9.73. The van der Waals surface area contributed by atoms with Crippen LogP contribution in [0.3, 0.4) is 0 Å². The molecule has 1 aliphatic rings. The van der Waals surface area contributed by atoms with E-state index in [4.69, 9.17) is 4.74 Å². The van der Waals surface area contributed by atoms with Crippen LogP contribution in [0.1, 0.15) is 63.6 Å². The Morgan fingerprint density at radius 3 is 2.55 bits per heavy atom. The van der Waals surface area contributed by atoms with Crippen LogP contribution in [0.25, 0.3) is 0 Å². The van der Waals surface area contributed by atoms with Gasteiger partial charge in [0.2, 0.25) is 0 Å². The number of nitrogens with zero attached hydrogens (tertiary/aromatic N) is 2. The van der Waals surface area contributed by atoms with Crippen molar-refractivity contribution in [1.82, 2.24) is 15.1 Å². The second-order valence-electron chi connectivity index (χ2n) is 5.95. The first kappa shape index (κ1) is 15.5. The highest BCUT2D eigenvalue weighted by Gasteiger charge is 2.41. The van der Waals surface area contributed by atoms with E-state index in [1.165, 1.54) is 31.4 Å². The molecule has 4 nitrogen and oxygen atoms in total. The lowest BCUT2D eigenvalue weighted by atomic mass is 9.84. The third-order valence-electron chi connectivity index (χ3n) is 4.64. The Kier molecular flexibility index (Phi) is 5.61. The molecule has 20 heavy (non-hydrogen) atoms. The van der Waals surface area contributed by atoms with Gasteiger partial charge in [0.05, 0.1) is 17.3 Å². The molecule has 1 aromatic rings. The topological polar surface area (TPSA) is 39.1 Å². The minimum Gasteiger partial charge on any atom is -0.376 e. The maximum atomic E-state index is 6.09. The van der Waals surface area contributed by atoms with Crippen LogP contribution >= 0.6 is 0 Å². The molecule has 0 spiro atoms. The van der Waals surface area contributed by atoms with Gasteiger partial charge in [-0.2, -0.15) is 5.10 Å². The van der Waals surface area contributed by atoms with Gasteiger partial charge in [-0.05, 0) is 31.9 Å². The summed E-state index contributed by atoms with van der Waals surface area (Å²) in [6.45, 7) is 3.22. The Balaban J connectivity index is 2.29. The van der Waals surface area contributed by atoms with Crippen LogP contribution in [-0.2, 0) is 11.8 Å². The van der Waals surface area contributed by atoms with E-state index >= 15 is 0 Å². The van der Waals surface area contributed by atoms with Crippen LogP contribution in [0, 0.1) is 0 Å². The highest BCUT2D eigenvalue weighted by Crippen LogP contribution is 2.40. The van der Waals surface area contributed by atoms with E-state index < -0.39 is 0 Å². The predicted octanol–water partition coefficient (Wildman–Crippen LogP) is 3.20. The molecule has 1 N–H and O–H groups in total. The summed E-state index contributed by atoms with van der Waals surface area (Å²) in [6.07, 6.45) is 10.5. The molecule has 1 aromatic heterocycles. The van der Waals surface area contributed by atoms with Gasteiger partial charge in [0.15, 0.2) is 0 Å². The molecule has 2 rings (SSSR count). The minimum atomic E-state index is -0.0839. The largest absolute Gasteiger partial charge is 0.376 e. The zero-order valence-electron chi connectivity index (χ0n) is 13.2. The third kappa shape index (κ3) is 3.23. The lowest BCUT2D eigenvalue weighted by Gasteiger charge is -2.40. The van der Waals surface area contributed by atoms with E-state index in [2.05, 4.69) is 23.4 Å². The maximum absolute atomic E-state index is 6.09. The zero-order valence-corrected chi connectivity index (χ0v) is 13.2. The van der Waals surface area contributed by atoms with Crippen molar-refractivity contribution in [1.29, 1.82) is 0 Å². The molecule has 0 bridgehead atoms. The van der Waals surface area contributed by atoms with Gasteiger partial charge in [0.25, 0.3) is 0 Å². The maximum Gasteiger partial charge on any atom is 0.0887 e. The van der Waals surface area contributed by atoms with Crippen molar-refractivity contribution in [3.63, 3.8) is 0 Å². The minimum absolute atomic E-state index is 0.0839. The fraction of sp³-hybridized carbons (Fsp3) is 0.812. The summed E-state index contributed by atoms with van der Waals surface area (Å²) in [4.78, 5) is 0. The van der Waals surface area contributed by atoms with Crippen LogP contribution < -0.4 is 5.32 Å². The number of methoxy groups -OCH3 is 1. The lowest BCUT2D eigenvalue weighted by molar-refractivity contribution is -0.0558. The molecule has 4 heteroatoms. The third-order valence-corrected chi connectivity index (χ3v) is 4.64. The first-order valence-electron chi connectivity index (χ1n) is 8.00. The van der Waals surface area contributed by atoms with Crippen molar-refractivity contribution in [2.45, 2.75) is 63.5 Å². The summed E-state index contributed by atoms with van der Waals surface area (Å²) in [5.74, 6) is 0. The summed E-state index contributed by atoms with van der Waals surface area (Å²) in [5, 5.41) is 8.07. The summed E-state index contributed by atoms with van der Waals surface area (Å²) in [6, 6.07) is 2.36. The molecule has 0 amide bonds. The number of ether oxygens (including phenoxy) is 1. The SMILES string of the molecule is CCCNC(c1ccnn1C)C1(OC)CCCCCC1. The molecule has 1 atom stereocenters. The molecule has 1 fully saturated rings. The van der Waals surface area contributed by atoms with Crippen molar-refractivity contribution in [2.24, 2.45) is 7.05 Å². The Morgan fingerprint density at radius 1 is 1.35 bits per heavy atom. The van der Waals surface area contributed by atoms with Crippen molar-refractivity contribution in [2.75, 3.05) is 13.7 Å². The molecule has 1 unspecified atom stereocenters. The van der Waals surface area contributed by atoms with E-state index in [0.717, 1.165) is 25.8 Å². The molecular weight excluding hydrogens is 250 g/mol. The van der Waals surface area contributed by atoms with E-state index in [-0.39, 0.29) is 11.6 Å². The molecule has 1 heterocycles. The first-order valence-corrected chi connectivity index (χ1v) is 8.00. The van der Waals surface area contributed by atoms with E-state index in [0.29, 0.717) is 0 Å². The second kappa shape index (κ2) is 7.23. The molecule has 114 valence electrons. The molecule has 1 saturated carbocycles. The van der Waals surface area contributed by atoms with Crippen LogP contribution in [0.15, 0.2) is 12.3 Å². The average molecular weight is 279 g/mol. The molecule has 0 radical (unpaired) electrons. The van der Waals surface area contributed by atoms with Gasteiger partial charge in [0.1, 0.15) is 0 Å². The Morgan fingerprint density at radius 2 is 2.05 bits per heavy atom. The number of rotatable bonds is 6. The van der Waals surface area contributed by atoms with Crippen molar-refractivity contribution < 1.29 is 4.74 Å². The highest BCUT2D eigenvalue weighted by atomic mass is 16.5. The van der Waals surface area contributed by atoms with Gasteiger partial charge in [0, 0.05) is 20.4 Å². The average Bonchev–Trinajstić information content (AvgIpc) is 2.75. The van der Waals surface area contributed by atoms with Crippen molar-refractivity contribution in [3.05, 3.63) is 18.0 Å². The van der Waals surface area contributed by atoms with Gasteiger partial charge in [-0.3, -0.25) is 4.68 Å². The van der Waals surface area contributed by atoms with Gasteiger partial charge >= 0.3 is 0 Å². The fourth-order valence-corrected chi connectivity index (χ4v) is 3.45. The van der Waals surface area contributed by atoms with Gasteiger partial charge in [-0.1, -0.05) is 32.6 Å². The summed E-state index contributed by atoms with van der Waals surface area (Å²) in [5.41, 5.74) is 1.15. The summed E-state index contributed by atoms with van der Waals surface area (Å²) >= 11 is 0. The number of aromatic nitrogens is 2. The predicted molar refractivity (Wildman–Crippen MR) is 81.7 cm³/mol. The monoisotopic (exact) mass is 279 g/mol. The van der Waals surface area contributed by atoms with Crippen molar-refractivity contribution >= 4 is 0 Å². The van der Waals surface area contributed by atoms with Crippen LogP contribution in [-0.4, -0.2) is 29.0 Å². The number of nitrogens with one attached hydrogen (secondary N) is 1. The lowest BCUT2D eigenvalue weighted by Crippen LogP contribution is -2.46. The normalized spacial score (nSPS) is 20.6. The smallest absolute Gasteiger partial charge is 0.0887 e. The molecular formula is C16H29N3O. The highest BCUT2D eigenvalue weighted by molar-refractivity contribution is 5.14. The van der Waals surface area contributed by atoms with E-state index in [1.54, 1.807) is 0 Å². The van der Waals surface area contributed by atoms with Gasteiger partial charge in [-0.15, -0.1) is 0 Å². The quantitative estimate of drug-likeness (QED) is 0.813. The molecule has 0 saturated heterocycles. The van der Waals surface area contributed by atoms with Gasteiger partial charge < -0.3 is 10.1 Å². The van der Waals surface area contributed by atoms with Crippen LogP contribution in [0.5, 0.6) is 0 Å².